The summed E-state index contributed by atoms with van der Waals surface area (Å²) in [7, 11) is 0. The van der Waals surface area contributed by atoms with E-state index in [2.05, 4.69) is 15.5 Å². The fourth-order valence-corrected chi connectivity index (χ4v) is 0.993. The van der Waals surface area contributed by atoms with Crippen LogP contribution in [0.4, 0.5) is 0 Å². The number of nitrogens with zero attached hydrogens (tertiary/aromatic N) is 2. The van der Waals surface area contributed by atoms with Crippen LogP contribution in [0.3, 0.4) is 0 Å². The lowest BCUT2D eigenvalue weighted by Crippen LogP contribution is -2.23. The largest absolute Gasteiger partial charge is 0.377 e. The van der Waals surface area contributed by atoms with Crippen LogP contribution in [-0.2, 0) is 11.2 Å². The Balaban J connectivity index is 1.90. The molecular formula is C9H17N3O2. The maximum absolute atomic E-state index is 5.37. The summed E-state index contributed by atoms with van der Waals surface area (Å²) >= 11 is 0. The van der Waals surface area contributed by atoms with E-state index >= 15 is 0 Å². The molecule has 1 rings (SSSR count). The molecule has 1 heterocycles. The summed E-state index contributed by atoms with van der Waals surface area (Å²) in [5.74, 6) is 0.669. The van der Waals surface area contributed by atoms with Gasteiger partial charge in [0, 0.05) is 19.5 Å². The quantitative estimate of drug-likeness (QED) is 0.652. The standard InChI is InChI=1S/C9H17N3O2/c1-8(2)13-6-5-10-4-3-9-11-7-12-14-9/h7-8,10H,3-6H2,1-2H3. The molecule has 0 unspecified atom stereocenters. The van der Waals surface area contributed by atoms with Gasteiger partial charge in [-0.3, -0.25) is 0 Å². The predicted molar refractivity (Wildman–Crippen MR) is 52.0 cm³/mol. The molecule has 0 amide bonds. The van der Waals surface area contributed by atoms with Crippen LogP contribution in [0.15, 0.2) is 10.9 Å². The first-order valence-corrected chi connectivity index (χ1v) is 4.87. The minimum absolute atomic E-state index is 0.299. The Morgan fingerprint density at radius 1 is 1.50 bits per heavy atom. The fourth-order valence-electron chi connectivity index (χ4n) is 0.993. The molecule has 0 saturated carbocycles. The molecule has 0 aliphatic carbocycles. The third-order valence-electron chi connectivity index (χ3n) is 1.65. The lowest BCUT2D eigenvalue weighted by molar-refractivity contribution is 0.0809. The van der Waals surface area contributed by atoms with Gasteiger partial charge in [-0.1, -0.05) is 5.16 Å². The minimum atomic E-state index is 0.299. The molecule has 80 valence electrons. The summed E-state index contributed by atoms with van der Waals surface area (Å²) in [6, 6.07) is 0. The fraction of sp³-hybridized carbons (Fsp3) is 0.778. The average Bonchev–Trinajstić information content (AvgIpc) is 2.63. The highest BCUT2D eigenvalue weighted by molar-refractivity contribution is 4.74. The Bertz CT molecular complexity index is 224. The Morgan fingerprint density at radius 2 is 2.36 bits per heavy atom. The van der Waals surface area contributed by atoms with Crippen LogP contribution < -0.4 is 5.32 Å². The van der Waals surface area contributed by atoms with Gasteiger partial charge in [-0.2, -0.15) is 4.98 Å². The molecule has 0 saturated heterocycles. The molecule has 0 aromatic carbocycles. The predicted octanol–water partition coefficient (Wildman–Crippen LogP) is 0.627. The third kappa shape index (κ3) is 4.94. The maximum atomic E-state index is 5.37. The topological polar surface area (TPSA) is 60.2 Å². The molecule has 5 nitrogen and oxygen atoms in total. The van der Waals surface area contributed by atoms with Gasteiger partial charge in [0.2, 0.25) is 5.89 Å². The van der Waals surface area contributed by atoms with Gasteiger partial charge in [0.15, 0.2) is 6.33 Å². The van der Waals surface area contributed by atoms with E-state index in [9.17, 15) is 0 Å². The second-order valence-electron chi connectivity index (χ2n) is 3.25. The Kier molecular flexibility index (Phi) is 5.17. The molecule has 1 N–H and O–H groups in total. The number of nitrogens with one attached hydrogen (secondary N) is 1. The summed E-state index contributed by atoms with van der Waals surface area (Å²) in [4.78, 5) is 3.91. The van der Waals surface area contributed by atoms with E-state index in [1.807, 2.05) is 13.8 Å². The molecule has 0 aliphatic heterocycles. The number of rotatable bonds is 7. The van der Waals surface area contributed by atoms with Crippen molar-refractivity contribution in [1.29, 1.82) is 0 Å². The van der Waals surface area contributed by atoms with Crippen LogP contribution in [-0.4, -0.2) is 35.9 Å². The van der Waals surface area contributed by atoms with Crippen LogP contribution in [0.25, 0.3) is 0 Å². The molecule has 0 bridgehead atoms. The van der Waals surface area contributed by atoms with Gasteiger partial charge in [0.05, 0.1) is 12.7 Å². The molecule has 0 aliphatic rings. The van der Waals surface area contributed by atoms with Gasteiger partial charge in [-0.15, -0.1) is 0 Å². The number of ether oxygens (including phenoxy) is 1. The molecule has 1 aromatic rings. The number of hydrogen-bond acceptors (Lipinski definition) is 5. The summed E-state index contributed by atoms with van der Waals surface area (Å²) < 4.78 is 10.2. The third-order valence-corrected chi connectivity index (χ3v) is 1.65. The van der Waals surface area contributed by atoms with E-state index in [1.54, 1.807) is 0 Å². The van der Waals surface area contributed by atoms with Gasteiger partial charge in [0.25, 0.3) is 0 Å². The zero-order valence-electron chi connectivity index (χ0n) is 8.69. The first-order chi connectivity index (χ1) is 6.79. The molecular weight excluding hydrogens is 182 g/mol. The smallest absolute Gasteiger partial charge is 0.227 e. The average molecular weight is 199 g/mol. The maximum Gasteiger partial charge on any atom is 0.227 e. The molecule has 1 aromatic heterocycles. The number of hydrogen-bond donors (Lipinski definition) is 1. The first kappa shape index (κ1) is 11.1. The summed E-state index contributed by atoms with van der Waals surface area (Å²) in [5, 5.41) is 6.75. The molecule has 0 fully saturated rings. The first-order valence-electron chi connectivity index (χ1n) is 4.87. The van der Waals surface area contributed by atoms with Gasteiger partial charge in [-0.25, -0.2) is 0 Å². The van der Waals surface area contributed by atoms with Crippen LogP contribution >= 0.6 is 0 Å². The van der Waals surface area contributed by atoms with Crippen molar-refractivity contribution >= 4 is 0 Å². The van der Waals surface area contributed by atoms with Crippen molar-refractivity contribution in [3.8, 4) is 0 Å². The summed E-state index contributed by atoms with van der Waals surface area (Å²) in [6.07, 6.45) is 2.48. The van der Waals surface area contributed by atoms with Crippen molar-refractivity contribution in [2.75, 3.05) is 19.7 Å². The Morgan fingerprint density at radius 3 is 3.00 bits per heavy atom. The second kappa shape index (κ2) is 6.50. The summed E-state index contributed by atoms with van der Waals surface area (Å²) in [6.45, 7) is 6.48. The van der Waals surface area contributed by atoms with Crippen molar-refractivity contribution in [3.63, 3.8) is 0 Å². The van der Waals surface area contributed by atoms with Gasteiger partial charge in [-0.05, 0) is 13.8 Å². The molecule has 0 atom stereocenters. The molecule has 14 heavy (non-hydrogen) atoms. The van der Waals surface area contributed by atoms with Crippen molar-refractivity contribution in [1.82, 2.24) is 15.5 Å². The lowest BCUT2D eigenvalue weighted by atomic mass is 10.4. The van der Waals surface area contributed by atoms with E-state index < -0.39 is 0 Å². The lowest BCUT2D eigenvalue weighted by Gasteiger charge is -2.07. The van der Waals surface area contributed by atoms with E-state index in [0.717, 1.165) is 26.1 Å². The monoisotopic (exact) mass is 199 g/mol. The van der Waals surface area contributed by atoms with E-state index in [1.165, 1.54) is 6.33 Å². The molecule has 0 radical (unpaired) electrons. The van der Waals surface area contributed by atoms with E-state index in [-0.39, 0.29) is 0 Å². The van der Waals surface area contributed by atoms with Crippen molar-refractivity contribution < 1.29 is 9.26 Å². The van der Waals surface area contributed by atoms with E-state index in [0.29, 0.717) is 12.0 Å². The zero-order valence-corrected chi connectivity index (χ0v) is 8.69. The second-order valence-corrected chi connectivity index (χ2v) is 3.25. The zero-order chi connectivity index (χ0) is 10.2. The van der Waals surface area contributed by atoms with Crippen molar-refractivity contribution in [2.45, 2.75) is 26.4 Å². The van der Waals surface area contributed by atoms with Crippen LogP contribution in [0.1, 0.15) is 19.7 Å². The highest BCUT2D eigenvalue weighted by Gasteiger charge is 1.97. The number of aromatic nitrogens is 2. The SMILES string of the molecule is CC(C)OCCNCCc1ncno1. The summed E-state index contributed by atoms with van der Waals surface area (Å²) in [5.41, 5.74) is 0. The Hall–Kier alpha value is -0.940. The highest BCUT2D eigenvalue weighted by Crippen LogP contribution is 1.90. The van der Waals surface area contributed by atoms with Crippen LogP contribution in [0.2, 0.25) is 0 Å². The van der Waals surface area contributed by atoms with Gasteiger partial charge in [0.1, 0.15) is 0 Å². The van der Waals surface area contributed by atoms with Gasteiger partial charge < -0.3 is 14.6 Å². The van der Waals surface area contributed by atoms with Gasteiger partial charge >= 0.3 is 0 Å². The Labute approximate surface area is 83.8 Å². The van der Waals surface area contributed by atoms with Crippen molar-refractivity contribution in [3.05, 3.63) is 12.2 Å². The van der Waals surface area contributed by atoms with Crippen molar-refractivity contribution in [2.24, 2.45) is 0 Å². The highest BCUT2D eigenvalue weighted by atomic mass is 16.5. The van der Waals surface area contributed by atoms with Crippen LogP contribution in [0.5, 0.6) is 0 Å². The normalized spacial score (nSPS) is 11.1. The molecule has 5 heteroatoms. The van der Waals surface area contributed by atoms with Crippen LogP contribution in [0, 0.1) is 0 Å². The van der Waals surface area contributed by atoms with E-state index in [4.69, 9.17) is 9.26 Å². The minimum Gasteiger partial charge on any atom is -0.377 e. The molecule has 0 spiro atoms.